The van der Waals surface area contributed by atoms with Crippen molar-refractivity contribution in [2.45, 2.75) is 6.92 Å². The molecule has 2 aromatic heterocycles. The lowest BCUT2D eigenvalue weighted by molar-refractivity contribution is 0.102. The number of rotatable bonds is 2. The molecule has 1 amide bonds. The summed E-state index contributed by atoms with van der Waals surface area (Å²) in [5, 5.41) is 4.27. The molecule has 0 saturated heterocycles. The number of aromatic nitrogens is 1. The second kappa shape index (κ2) is 3.74. The molecule has 0 spiro atoms. The molecule has 5 nitrogen and oxygen atoms in total. The molecule has 0 saturated carbocycles. The maximum absolute atomic E-state index is 11.6. The quantitative estimate of drug-likeness (QED) is 0.814. The van der Waals surface area contributed by atoms with Crippen LogP contribution >= 0.6 is 11.3 Å². The number of nitrogen functional groups attached to an aromatic ring is 1. The summed E-state index contributed by atoms with van der Waals surface area (Å²) < 4.78 is 4.99. The highest BCUT2D eigenvalue weighted by atomic mass is 32.1. The number of amides is 1. The van der Waals surface area contributed by atoms with E-state index < -0.39 is 0 Å². The van der Waals surface area contributed by atoms with E-state index in [1.54, 1.807) is 18.4 Å². The number of hydrogen-bond acceptors (Lipinski definition) is 5. The third kappa shape index (κ3) is 1.99. The highest BCUT2D eigenvalue weighted by Gasteiger charge is 2.13. The maximum atomic E-state index is 11.6. The van der Waals surface area contributed by atoms with Gasteiger partial charge in [0.1, 0.15) is 11.1 Å². The van der Waals surface area contributed by atoms with Gasteiger partial charge in [-0.15, -0.1) is 11.3 Å². The van der Waals surface area contributed by atoms with Crippen LogP contribution in [0.5, 0.6) is 0 Å². The molecule has 2 aromatic rings. The van der Waals surface area contributed by atoms with E-state index in [1.165, 1.54) is 17.6 Å². The first-order valence-corrected chi connectivity index (χ1v) is 5.11. The number of nitrogens with two attached hydrogens (primary N) is 1. The van der Waals surface area contributed by atoms with Crippen LogP contribution in [0.15, 0.2) is 22.1 Å². The Hall–Kier alpha value is -1.82. The number of nitrogens with one attached hydrogen (secondary N) is 1. The number of anilines is 2. The SMILES string of the molecule is Cc1coc(NC(=O)c2sccc2N)n1. The largest absolute Gasteiger partial charge is 0.432 e. The molecule has 2 rings (SSSR count). The molecule has 15 heavy (non-hydrogen) atoms. The molecule has 0 atom stereocenters. The minimum atomic E-state index is -0.302. The Kier molecular flexibility index (Phi) is 2.42. The third-order valence-corrected chi connectivity index (χ3v) is 2.67. The summed E-state index contributed by atoms with van der Waals surface area (Å²) in [4.78, 5) is 16.0. The van der Waals surface area contributed by atoms with Gasteiger partial charge < -0.3 is 10.2 Å². The van der Waals surface area contributed by atoms with Crippen LogP contribution in [0.4, 0.5) is 11.7 Å². The van der Waals surface area contributed by atoms with Crippen molar-refractivity contribution in [3.05, 3.63) is 28.3 Å². The van der Waals surface area contributed by atoms with Crippen LogP contribution in [0.3, 0.4) is 0 Å². The molecule has 2 heterocycles. The highest BCUT2D eigenvalue weighted by molar-refractivity contribution is 7.12. The van der Waals surface area contributed by atoms with Gasteiger partial charge in [-0.3, -0.25) is 10.1 Å². The molecule has 0 aromatic carbocycles. The number of hydrogen-bond donors (Lipinski definition) is 2. The van der Waals surface area contributed by atoms with E-state index in [-0.39, 0.29) is 11.9 Å². The second-order valence-corrected chi connectivity index (χ2v) is 3.87. The van der Waals surface area contributed by atoms with Crippen molar-refractivity contribution in [2.24, 2.45) is 0 Å². The second-order valence-electron chi connectivity index (χ2n) is 2.95. The Balaban J connectivity index is 2.14. The minimum Gasteiger partial charge on any atom is -0.432 e. The van der Waals surface area contributed by atoms with Crippen molar-refractivity contribution in [3.63, 3.8) is 0 Å². The minimum absolute atomic E-state index is 0.185. The van der Waals surface area contributed by atoms with Crippen molar-refractivity contribution in [3.8, 4) is 0 Å². The lowest BCUT2D eigenvalue weighted by Gasteiger charge is -1.98. The average molecular weight is 223 g/mol. The smallest absolute Gasteiger partial charge is 0.301 e. The molecular weight excluding hydrogens is 214 g/mol. The van der Waals surface area contributed by atoms with E-state index in [4.69, 9.17) is 10.2 Å². The maximum Gasteiger partial charge on any atom is 0.301 e. The molecule has 0 unspecified atom stereocenters. The van der Waals surface area contributed by atoms with E-state index in [1.807, 2.05) is 0 Å². The van der Waals surface area contributed by atoms with Gasteiger partial charge in [0.05, 0.1) is 11.4 Å². The number of carbonyl (C=O) groups is 1. The molecule has 0 aliphatic heterocycles. The van der Waals surface area contributed by atoms with Crippen LogP contribution < -0.4 is 11.1 Å². The molecule has 0 radical (unpaired) electrons. The number of aryl methyl sites for hydroxylation is 1. The summed E-state index contributed by atoms with van der Waals surface area (Å²) in [6.45, 7) is 1.78. The molecule has 6 heteroatoms. The Morgan fingerprint density at radius 2 is 2.47 bits per heavy atom. The summed E-state index contributed by atoms with van der Waals surface area (Å²) in [7, 11) is 0. The highest BCUT2D eigenvalue weighted by Crippen LogP contribution is 2.20. The molecule has 0 aliphatic rings. The van der Waals surface area contributed by atoms with Crippen LogP contribution in [0.25, 0.3) is 0 Å². The Labute approximate surface area is 89.9 Å². The Morgan fingerprint density at radius 3 is 3.00 bits per heavy atom. The van der Waals surface area contributed by atoms with Gasteiger partial charge in [-0.25, -0.2) is 0 Å². The van der Waals surface area contributed by atoms with Crippen LogP contribution in [0, 0.1) is 6.92 Å². The van der Waals surface area contributed by atoms with E-state index in [0.29, 0.717) is 16.3 Å². The topological polar surface area (TPSA) is 81.2 Å². The Bertz CT molecular complexity index is 489. The van der Waals surface area contributed by atoms with Gasteiger partial charge in [-0.2, -0.15) is 4.98 Å². The molecule has 0 bridgehead atoms. The Morgan fingerprint density at radius 1 is 1.67 bits per heavy atom. The predicted molar refractivity (Wildman–Crippen MR) is 57.9 cm³/mol. The fourth-order valence-electron chi connectivity index (χ4n) is 1.07. The van der Waals surface area contributed by atoms with Gasteiger partial charge in [0, 0.05) is 0 Å². The van der Waals surface area contributed by atoms with Crippen LogP contribution in [-0.4, -0.2) is 10.9 Å². The normalized spacial score (nSPS) is 10.2. The van der Waals surface area contributed by atoms with Crippen molar-refractivity contribution in [1.29, 1.82) is 0 Å². The zero-order chi connectivity index (χ0) is 10.8. The van der Waals surface area contributed by atoms with Gasteiger partial charge in [-0.05, 0) is 18.4 Å². The van der Waals surface area contributed by atoms with Crippen molar-refractivity contribution >= 4 is 28.9 Å². The van der Waals surface area contributed by atoms with Crippen molar-refractivity contribution in [1.82, 2.24) is 4.98 Å². The van der Waals surface area contributed by atoms with Gasteiger partial charge in [-0.1, -0.05) is 0 Å². The van der Waals surface area contributed by atoms with Crippen molar-refractivity contribution < 1.29 is 9.21 Å². The van der Waals surface area contributed by atoms with E-state index in [0.717, 1.165) is 0 Å². The van der Waals surface area contributed by atoms with Gasteiger partial charge in [0.15, 0.2) is 0 Å². The van der Waals surface area contributed by atoms with Crippen LogP contribution in [0.2, 0.25) is 0 Å². The summed E-state index contributed by atoms with van der Waals surface area (Å²) in [5.74, 6) is -0.302. The fourth-order valence-corrected chi connectivity index (χ4v) is 1.78. The lowest BCUT2D eigenvalue weighted by atomic mass is 10.4. The molecule has 0 fully saturated rings. The first-order chi connectivity index (χ1) is 7.16. The number of thiophene rings is 1. The summed E-state index contributed by atoms with van der Waals surface area (Å²) in [6.07, 6.45) is 1.47. The molecule has 78 valence electrons. The van der Waals surface area contributed by atoms with E-state index in [2.05, 4.69) is 10.3 Å². The monoisotopic (exact) mass is 223 g/mol. The van der Waals surface area contributed by atoms with Gasteiger partial charge in [0.25, 0.3) is 5.91 Å². The van der Waals surface area contributed by atoms with E-state index in [9.17, 15) is 4.79 Å². The van der Waals surface area contributed by atoms with Crippen molar-refractivity contribution in [2.75, 3.05) is 11.1 Å². The average Bonchev–Trinajstić information content (AvgIpc) is 2.75. The van der Waals surface area contributed by atoms with Gasteiger partial charge in [0.2, 0.25) is 0 Å². The molecule has 0 aliphatic carbocycles. The zero-order valence-electron chi connectivity index (χ0n) is 7.98. The summed E-state index contributed by atoms with van der Waals surface area (Å²) in [5.41, 5.74) is 6.77. The molecule has 3 N–H and O–H groups in total. The predicted octanol–water partition coefficient (Wildman–Crippen LogP) is 1.88. The fraction of sp³-hybridized carbons (Fsp3) is 0.111. The summed E-state index contributed by atoms with van der Waals surface area (Å²) in [6, 6.07) is 1.87. The number of oxazole rings is 1. The number of nitrogens with zero attached hydrogens (tertiary/aromatic N) is 1. The van der Waals surface area contributed by atoms with Crippen LogP contribution in [0.1, 0.15) is 15.4 Å². The number of carbonyl (C=O) groups excluding carboxylic acids is 1. The first kappa shape index (κ1) is 9.72. The summed E-state index contributed by atoms with van der Waals surface area (Å²) >= 11 is 1.28. The third-order valence-electron chi connectivity index (χ3n) is 1.74. The standard InChI is InChI=1S/C9H9N3O2S/c1-5-4-14-9(11-5)12-8(13)7-6(10)2-3-15-7/h2-4H,10H2,1H3,(H,11,12,13). The van der Waals surface area contributed by atoms with Gasteiger partial charge >= 0.3 is 6.01 Å². The van der Waals surface area contributed by atoms with Crippen LogP contribution in [-0.2, 0) is 0 Å². The molecular formula is C9H9N3O2S. The first-order valence-electron chi connectivity index (χ1n) is 4.23. The van der Waals surface area contributed by atoms with E-state index >= 15 is 0 Å². The lowest BCUT2D eigenvalue weighted by Crippen LogP contribution is -2.12. The zero-order valence-corrected chi connectivity index (χ0v) is 8.80.